The van der Waals surface area contributed by atoms with Gasteiger partial charge in [0.15, 0.2) is 5.96 Å². The second-order valence-electron chi connectivity index (χ2n) is 6.43. The lowest BCUT2D eigenvalue weighted by Crippen LogP contribution is -2.52. The third kappa shape index (κ3) is 2.45. The Kier molecular flexibility index (Phi) is 2.92. The van der Waals surface area contributed by atoms with E-state index in [2.05, 4.69) is 29.5 Å². The predicted octanol–water partition coefficient (Wildman–Crippen LogP) is 1.81. The summed E-state index contributed by atoms with van der Waals surface area (Å²) in [7, 11) is 0. The monoisotopic (exact) mass is 237 g/mol. The van der Waals surface area contributed by atoms with Crippen molar-refractivity contribution in [1.82, 2.24) is 10.6 Å². The Balaban J connectivity index is 2.19. The van der Waals surface area contributed by atoms with Crippen LogP contribution in [0.15, 0.2) is 4.99 Å². The molecule has 0 aromatic carbocycles. The number of rotatable bonds is 1. The van der Waals surface area contributed by atoms with Gasteiger partial charge in [-0.05, 0) is 38.5 Å². The highest BCUT2D eigenvalue weighted by Gasteiger charge is 2.50. The molecule has 1 saturated heterocycles. The predicted molar refractivity (Wildman–Crippen MR) is 68.8 cm³/mol. The lowest BCUT2D eigenvalue weighted by Gasteiger charge is -2.40. The first-order valence-electron chi connectivity index (χ1n) is 6.50. The number of nitrogens with one attached hydrogen (secondary N) is 2. The van der Waals surface area contributed by atoms with Gasteiger partial charge in [0.2, 0.25) is 0 Å². The fourth-order valence-corrected chi connectivity index (χ4v) is 3.03. The van der Waals surface area contributed by atoms with E-state index < -0.39 is 5.54 Å². The van der Waals surface area contributed by atoms with Gasteiger partial charge in [0.1, 0.15) is 5.54 Å². The van der Waals surface area contributed by atoms with Gasteiger partial charge in [0, 0.05) is 6.04 Å². The van der Waals surface area contributed by atoms with Gasteiger partial charge in [-0.3, -0.25) is 15.1 Å². The van der Waals surface area contributed by atoms with Gasteiger partial charge in [-0.1, -0.05) is 20.3 Å². The minimum absolute atomic E-state index is 0.102. The van der Waals surface area contributed by atoms with Gasteiger partial charge in [-0.25, -0.2) is 0 Å². The molecule has 4 nitrogen and oxygen atoms in total. The molecule has 1 aliphatic heterocycles. The van der Waals surface area contributed by atoms with E-state index >= 15 is 0 Å². The Labute approximate surface area is 103 Å². The maximum Gasteiger partial charge on any atom is 0.252 e. The molecule has 0 aromatic rings. The van der Waals surface area contributed by atoms with Gasteiger partial charge in [-0.15, -0.1) is 0 Å². The van der Waals surface area contributed by atoms with Crippen LogP contribution in [0.4, 0.5) is 0 Å². The average Bonchev–Trinajstić information content (AvgIpc) is 2.39. The van der Waals surface area contributed by atoms with Crippen molar-refractivity contribution in [1.29, 1.82) is 0 Å². The summed E-state index contributed by atoms with van der Waals surface area (Å²) in [6.45, 7) is 8.49. The van der Waals surface area contributed by atoms with Crippen molar-refractivity contribution in [3.8, 4) is 0 Å². The minimum atomic E-state index is -0.407. The molecular formula is C13H23N3O. The summed E-state index contributed by atoms with van der Waals surface area (Å²) in [5.41, 5.74) is -0.175. The Morgan fingerprint density at radius 2 is 2.00 bits per heavy atom. The molecule has 2 fully saturated rings. The Morgan fingerprint density at radius 3 is 2.59 bits per heavy atom. The van der Waals surface area contributed by atoms with E-state index in [4.69, 9.17) is 0 Å². The lowest BCUT2D eigenvalue weighted by molar-refractivity contribution is -0.126. The topological polar surface area (TPSA) is 53.5 Å². The van der Waals surface area contributed by atoms with Crippen molar-refractivity contribution in [3.05, 3.63) is 0 Å². The standard InChI is InChI=1S/C13H23N3O/c1-9(2)14-11-15-10(17)13(16-11)7-5-6-12(3,4)8-13/h9H,5-8H2,1-4H3,(H2,14,15,16,17). The van der Waals surface area contributed by atoms with E-state index in [1.807, 2.05) is 13.8 Å². The maximum absolute atomic E-state index is 12.2. The van der Waals surface area contributed by atoms with Gasteiger partial charge in [-0.2, -0.15) is 0 Å². The van der Waals surface area contributed by atoms with Crippen LogP contribution in [0.25, 0.3) is 0 Å². The molecule has 1 spiro atoms. The van der Waals surface area contributed by atoms with Crippen molar-refractivity contribution in [2.24, 2.45) is 10.4 Å². The van der Waals surface area contributed by atoms with Crippen molar-refractivity contribution in [2.75, 3.05) is 0 Å². The van der Waals surface area contributed by atoms with E-state index in [1.54, 1.807) is 0 Å². The zero-order chi connectivity index (χ0) is 12.7. The van der Waals surface area contributed by atoms with Crippen LogP contribution in [0.3, 0.4) is 0 Å². The van der Waals surface area contributed by atoms with Crippen LogP contribution >= 0.6 is 0 Å². The average molecular weight is 237 g/mol. The van der Waals surface area contributed by atoms with E-state index in [9.17, 15) is 4.79 Å². The van der Waals surface area contributed by atoms with Crippen LogP contribution < -0.4 is 10.6 Å². The molecule has 1 atom stereocenters. The third-order valence-corrected chi connectivity index (χ3v) is 3.65. The Hall–Kier alpha value is -1.06. The number of hydrogen-bond donors (Lipinski definition) is 2. The molecule has 4 heteroatoms. The van der Waals surface area contributed by atoms with Gasteiger partial charge >= 0.3 is 0 Å². The molecule has 2 N–H and O–H groups in total. The van der Waals surface area contributed by atoms with Gasteiger partial charge in [0.25, 0.3) is 5.91 Å². The van der Waals surface area contributed by atoms with Crippen LogP contribution in [-0.4, -0.2) is 23.4 Å². The van der Waals surface area contributed by atoms with Crippen LogP contribution in [0.5, 0.6) is 0 Å². The number of amides is 1. The largest absolute Gasteiger partial charge is 0.342 e. The van der Waals surface area contributed by atoms with E-state index in [0.717, 1.165) is 19.3 Å². The quantitative estimate of drug-likeness (QED) is 0.731. The smallest absolute Gasteiger partial charge is 0.252 e. The molecule has 0 radical (unpaired) electrons. The Bertz CT molecular complexity index is 360. The van der Waals surface area contributed by atoms with Crippen molar-refractivity contribution in [2.45, 2.75) is 65.0 Å². The molecule has 2 aliphatic rings. The lowest BCUT2D eigenvalue weighted by atomic mass is 9.68. The van der Waals surface area contributed by atoms with Crippen LogP contribution in [0.2, 0.25) is 0 Å². The zero-order valence-electron chi connectivity index (χ0n) is 11.3. The summed E-state index contributed by atoms with van der Waals surface area (Å²) in [6.07, 6.45) is 4.10. The Morgan fingerprint density at radius 1 is 1.29 bits per heavy atom. The van der Waals surface area contributed by atoms with E-state index in [1.165, 1.54) is 6.42 Å². The van der Waals surface area contributed by atoms with Crippen LogP contribution in [0.1, 0.15) is 53.4 Å². The van der Waals surface area contributed by atoms with Crippen molar-refractivity contribution < 1.29 is 4.79 Å². The van der Waals surface area contributed by atoms with Gasteiger partial charge in [0.05, 0.1) is 0 Å². The molecule has 1 unspecified atom stereocenters. The first-order chi connectivity index (χ1) is 7.83. The summed E-state index contributed by atoms with van der Waals surface area (Å²) in [5, 5.41) is 6.22. The highest BCUT2D eigenvalue weighted by molar-refractivity contribution is 6.09. The number of hydrogen-bond acceptors (Lipinski definition) is 2. The third-order valence-electron chi connectivity index (χ3n) is 3.65. The number of guanidine groups is 1. The van der Waals surface area contributed by atoms with Gasteiger partial charge < -0.3 is 5.32 Å². The summed E-state index contributed by atoms with van der Waals surface area (Å²) >= 11 is 0. The number of aliphatic imine (C=N–C) groups is 1. The summed E-state index contributed by atoms with van der Waals surface area (Å²) in [4.78, 5) is 16.6. The molecule has 2 rings (SSSR count). The highest BCUT2D eigenvalue weighted by atomic mass is 16.2. The summed E-state index contributed by atoms with van der Waals surface area (Å²) < 4.78 is 0. The zero-order valence-corrected chi connectivity index (χ0v) is 11.3. The maximum atomic E-state index is 12.2. The molecule has 1 heterocycles. The fraction of sp³-hybridized carbons (Fsp3) is 0.846. The molecule has 1 aliphatic carbocycles. The normalized spacial score (nSPS) is 34.2. The van der Waals surface area contributed by atoms with E-state index in [0.29, 0.717) is 5.96 Å². The first-order valence-corrected chi connectivity index (χ1v) is 6.50. The molecule has 0 aromatic heterocycles. The van der Waals surface area contributed by atoms with Crippen LogP contribution in [0, 0.1) is 5.41 Å². The van der Waals surface area contributed by atoms with E-state index in [-0.39, 0.29) is 17.4 Å². The highest BCUT2D eigenvalue weighted by Crippen LogP contribution is 2.42. The molecular weight excluding hydrogens is 214 g/mol. The molecule has 1 saturated carbocycles. The fourth-order valence-electron chi connectivity index (χ4n) is 3.03. The molecule has 1 amide bonds. The van der Waals surface area contributed by atoms with Crippen molar-refractivity contribution in [3.63, 3.8) is 0 Å². The van der Waals surface area contributed by atoms with Crippen molar-refractivity contribution >= 4 is 11.9 Å². The summed E-state index contributed by atoms with van der Waals surface area (Å²) in [6, 6.07) is 0.199. The number of carbonyl (C=O) groups is 1. The van der Waals surface area contributed by atoms with Crippen LogP contribution in [-0.2, 0) is 4.79 Å². The second-order valence-corrected chi connectivity index (χ2v) is 6.43. The molecule has 17 heavy (non-hydrogen) atoms. The first kappa shape index (κ1) is 12.4. The SMILES string of the molecule is CC(C)N=C1NC(=O)C2(CCCC(C)(C)C2)N1. The summed E-state index contributed by atoms with van der Waals surface area (Å²) in [5.74, 6) is 0.757. The minimum Gasteiger partial charge on any atom is -0.342 e. The number of nitrogens with zero attached hydrogens (tertiary/aromatic N) is 1. The molecule has 0 bridgehead atoms. The molecule has 96 valence electrons. The second kappa shape index (κ2) is 4.00. The number of carbonyl (C=O) groups excluding carboxylic acids is 1.